The topological polar surface area (TPSA) is 74.8 Å². The standard InChI is InChI=1S/C20H34N4O2.HI/c1-5-8-9-12-26-18-13-16(4)10-11-17(18)14-23-20(22-7-3)24-15-19(25)21-6-2;/h10-11,13H,5-9,12,14-15H2,1-4H3,(H,21,25)(H2,22,23,24);1H. The van der Waals surface area contributed by atoms with Gasteiger partial charge in [-0.2, -0.15) is 0 Å². The zero-order chi connectivity index (χ0) is 19.2. The lowest BCUT2D eigenvalue weighted by Gasteiger charge is -2.13. The van der Waals surface area contributed by atoms with E-state index in [1.165, 1.54) is 18.4 Å². The van der Waals surface area contributed by atoms with E-state index in [9.17, 15) is 4.79 Å². The van der Waals surface area contributed by atoms with Crippen molar-refractivity contribution in [1.29, 1.82) is 0 Å². The molecule has 7 heteroatoms. The van der Waals surface area contributed by atoms with E-state index in [2.05, 4.69) is 53.0 Å². The lowest BCUT2D eigenvalue weighted by molar-refractivity contribution is -0.119. The quantitative estimate of drug-likeness (QED) is 0.193. The summed E-state index contributed by atoms with van der Waals surface area (Å²) in [6.45, 7) is 10.9. The van der Waals surface area contributed by atoms with Gasteiger partial charge in [-0.05, 0) is 38.8 Å². The number of unbranched alkanes of at least 4 members (excludes halogenated alkanes) is 2. The number of ether oxygens (including phenoxy) is 1. The summed E-state index contributed by atoms with van der Waals surface area (Å²) in [4.78, 5) is 16.2. The van der Waals surface area contributed by atoms with Crippen LogP contribution >= 0.6 is 24.0 Å². The number of nitrogens with one attached hydrogen (secondary N) is 3. The van der Waals surface area contributed by atoms with Crippen molar-refractivity contribution in [3.63, 3.8) is 0 Å². The van der Waals surface area contributed by atoms with Crippen LogP contribution in [0.2, 0.25) is 0 Å². The van der Waals surface area contributed by atoms with Gasteiger partial charge < -0.3 is 20.7 Å². The first-order valence-corrected chi connectivity index (χ1v) is 9.61. The molecular formula is C20H35IN4O2. The number of likely N-dealkylation sites (N-methyl/N-ethyl adjacent to an activating group) is 1. The Morgan fingerprint density at radius 2 is 1.81 bits per heavy atom. The first kappa shape index (κ1) is 25.5. The molecule has 0 aliphatic rings. The number of carbonyl (C=O) groups is 1. The van der Waals surface area contributed by atoms with Crippen LogP contribution in [0.15, 0.2) is 23.2 Å². The molecule has 154 valence electrons. The number of nitrogens with zero attached hydrogens (tertiary/aromatic N) is 1. The number of rotatable bonds is 11. The maximum Gasteiger partial charge on any atom is 0.239 e. The average molecular weight is 490 g/mol. The van der Waals surface area contributed by atoms with Crippen molar-refractivity contribution in [1.82, 2.24) is 16.0 Å². The summed E-state index contributed by atoms with van der Waals surface area (Å²) in [5, 5.41) is 8.97. The molecule has 0 fully saturated rings. The van der Waals surface area contributed by atoms with Crippen molar-refractivity contribution in [3.8, 4) is 5.75 Å². The third-order valence-electron chi connectivity index (χ3n) is 3.77. The molecule has 1 amide bonds. The van der Waals surface area contributed by atoms with Gasteiger partial charge in [-0.15, -0.1) is 24.0 Å². The zero-order valence-electron chi connectivity index (χ0n) is 17.1. The summed E-state index contributed by atoms with van der Waals surface area (Å²) in [7, 11) is 0. The van der Waals surface area contributed by atoms with Gasteiger partial charge in [0.1, 0.15) is 5.75 Å². The molecule has 1 rings (SSSR count). The Hall–Kier alpha value is -1.51. The highest BCUT2D eigenvalue weighted by Crippen LogP contribution is 2.21. The lowest BCUT2D eigenvalue weighted by Crippen LogP contribution is -2.43. The Morgan fingerprint density at radius 3 is 2.48 bits per heavy atom. The van der Waals surface area contributed by atoms with Gasteiger partial charge >= 0.3 is 0 Å². The third kappa shape index (κ3) is 11.0. The highest BCUT2D eigenvalue weighted by Gasteiger charge is 2.06. The monoisotopic (exact) mass is 490 g/mol. The second kappa shape index (κ2) is 15.5. The van der Waals surface area contributed by atoms with Gasteiger partial charge in [0, 0.05) is 18.7 Å². The molecule has 1 aromatic rings. The summed E-state index contributed by atoms with van der Waals surface area (Å²) in [5.74, 6) is 1.47. The van der Waals surface area contributed by atoms with Crippen molar-refractivity contribution < 1.29 is 9.53 Å². The molecule has 0 heterocycles. The van der Waals surface area contributed by atoms with E-state index in [4.69, 9.17) is 4.74 Å². The van der Waals surface area contributed by atoms with Crippen LogP contribution in [-0.4, -0.2) is 38.1 Å². The van der Waals surface area contributed by atoms with E-state index >= 15 is 0 Å². The van der Waals surface area contributed by atoms with Crippen LogP contribution in [0.1, 0.15) is 51.2 Å². The molecule has 3 N–H and O–H groups in total. The number of halogens is 1. The highest BCUT2D eigenvalue weighted by molar-refractivity contribution is 14.0. The molecule has 0 atom stereocenters. The summed E-state index contributed by atoms with van der Waals surface area (Å²) in [6, 6.07) is 6.19. The molecule has 0 radical (unpaired) electrons. The average Bonchev–Trinajstić information content (AvgIpc) is 2.62. The minimum atomic E-state index is -0.0478. The highest BCUT2D eigenvalue weighted by atomic mass is 127. The van der Waals surface area contributed by atoms with Gasteiger partial charge in [0.05, 0.1) is 19.7 Å². The third-order valence-corrected chi connectivity index (χ3v) is 3.77. The minimum Gasteiger partial charge on any atom is -0.493 e. The first-order valence-electron chi connectivity index (χ1n) is 9.61. The number of guanidine groups is 1. The number of hydrogen-bond donors (Lipinski definition) is 3. The van der Waals surface area contributed by atoms with Crippen molar-refractivity contribution in [2.75, 3.05) is 26.2 Å². The van der Waals surface area contributed by atoms with Gasteiger partial charge in [0.25, 0.3) is 0 Å². The van der Waals surface area contributed by atoms with E-state index in [1.54, 1.807) is 0 Å². The Bertz CT molecular complexity index is 579. The molecule has 27 heavy (non-hydrogen) atoms. The molecule has 0 spiro atoms. The fraction of sp³-hybridized carbons (Fsp3) is 0.600. The smallest absolute Gasteiger partial charge is 0.239 e. The summed E-state index contributed by atoms with van der Waals surface area (Å²) < 4.78 is 5.97. The lowest BCUT2D eigenvalue weighted by atomic mass is 10.1. The van der Waals surface area contributed by atoms with Crippen molar-refractivity contribution in [3.05, 3.63) is 29.3 Å². The van der Waals surface area contributed by atoms with E-state index in [1.807, 2.05) is 13.8 Å². The summed E-state index contributed by atoms with van der Waals surface area (Å²) in [5.41, 5.74) is 2.21. The molecule has 0 unspecified atom stereocenters. The number of aliphatic imine (C=N–C) groups is 1. The van der Waals surface area contributed by atoms with Crippen LogP contribution < -0.4 is 20.7 Å². The van der Waals surface area contributed by atoms with E-state index in [-0.39, 0.29) is 36.4 Å². The fourth-order valence-corrected chi connectivity index (χ4v) is 2.39. The Labute approximate surface area is 181 Å². The summed E-state index contributed by atoms with van der Waals surface area (Å²) >= 11 is 0. The fourth-order valence-electron chi connectivity index (χ4n) is 2.39. The Kier molecular flexibility index (Phi) is 14.7. The zero-order valence-corrected chi connectivity index (χ0v) is 19.4. The van der Waals surface area contributed by atoms with Gasteiger partial charge in [-0.3, -0.25) is 4.79 Å². The van der Waals surface area contributed by atoms with Gasteiger partial charge in [0.15, 0.2) is 5.96 Å². The predicted octanol–water partition coefficient (Wildman–Crippen LogP) is 3.37. The SMILES string of the molecule is CCCCCOc1cc(C)ccc1CN=C(NCC)NCC(=O)NCC.I. The van der Waals surface area contributed by atoms with Crippen LogP contribution in [0.4, 0.5) is 0 Å². The van der Waals surface area contributed by atoms with Crippen LogP contribution in [0.5, 0.6) is 5.75 Å². The molecule has 0 aliphatic heterocycles. The molecule has 0 saturated carbocycles. The second-order valence-corrected chi connectivity index (χ2v) is 6.17. The predicted molar refractivity (Wildman–Crippen MR) is 123 cm³/mol. The largest absolute Gasteiger partial charge is 0.493 e. The maximum absolute atomic E-state index is 11.6. The van der Waals surface area contributed by atoms with Crippen molar-refractivity contribution in [2.45, 2.75) is 53.5 Å². The number of hydrogen-bond acceptors (Lipinski definition) is 3. The molecule has 0 aromatic heterocycles. The van der Waals surface area contributed by atoms with E-state index in [0.717, 1.165) is 30.9 Å². The summed E-state index contributed by atoms with van der Waals surface area (Å²) in [6.07, 6.45) is 3.41. The van der Waals surface area contributed by atoms with Crippen molar-refractivity contribution >= 4 is 35.8 Å². The second-order valence-electron chi connectivity index (χ2n) is 6.17. The number of aryl methyl sites for hydroxylation is 1. The van der Waals surface area contributed by atoms with Crippen LogP contribution in [0.25, 0.3) is 0 Å². The van der Waals surface area contributed by atoms with Gasteiger partial charge in [0.2, 0.25) is 5.91 Å². The molecule has 0 saturated heterocycles. The Morgan fingerprint density at radius 1 is 1.07 bits per heavy atom. The molecule has 1 aromatic carbocycles. The Balaban J connectivity index is 0.00000676. The van der Waals surface area contributed by atoms with Crippen LogP contribution in [-0.2, 0) is 11.3 Å². The molecule has 0 aliphatic carbocycles. The van der Waals surface area contributed by atoms with E-state index < -0.39 is 0 Å². The number of benzene rings is 1. The van der Waals surface area contributed by atoms with Crippen molar-refractivity contribution in [2.24, 2.45) is 4.99 Å². The van der Waals surface area contributed by atoms with Gasteiger partial charge in [-0.25, -0.2) is 4.99 Å². The molecule has 6 nitrogen and oxygen atoms in total. The van der Waals surface area contributed by atoms with Crippen LogP contribution in [0, 0.1) is 6.92 Å². The van der Waals surface area contributed by atoms with Gasteiger partial charge in [-0.1, -0.05) is 31.9 Å². The first-order chi connectivity index (χ1) is 12.6. The minimum absolute atomic E-state index is 0. The molecular weight excluding hydrogens is 455 g/mol. The molecule has 0 bridgehead atoms. The van der Waals surface area contributed by atoms with Crippen LogP contribution in [0.3, 0.4) is 0 Å². The number of carbonyl (C=O) groups excluding carboxylic acids is 1. The van der Waals surface area contributed by atoms with E-state index in [0.29, 0.717) is 19.0 Å². The normalized spacial score (nSPS) is 10.7. The number of amides is 1. The maximum atomic E-state index is 11.6.